The van der Waals surface area contributed by atoms with Crippen molar-refractivity contribution in [1.82, 2.24) is 10.4 Å². The van der Waals surface area contributed by atoms with Gasteiger partial charge in [0.2, 0.25) is 0 Å². The third kappa shape index (κ3) is 2.85. The monoisotopic (exact) mass is 338 g/mol. The number of nitrogens with one attached hydrogen (secondary N) is 1. The summed E-state index contributed by atoms with van der Waals surface area (Å²) in [6.45, 7) is 0.368. The molecule has 6 heteroatoms. The van der Waals surface area contributed by atoms with Crippen molar-refractivity contribution in [1.29, 1.82) is 0 Å². The van der Waals surface area contributed by atoms with Crippen LogP contribution in [0.25, 0.3) is 0 Å². The second kappa shape index (κ2) is 6.22. The van der Waals surface area contributed by atoms with Crippen LogP contribution in [0.3, 0.4) is 0 Å². The molecule has 1 aliphatic carbocycles. The van der Waals surface area contributed by atoms with Crippen LogP contribution in [0.1, 0.15) is 39.1 Å². The minimum absolute atomic E-state index is 0.0195. The first-order chi connectivity index (χ1) is 12.2. The largest absolute Gasteiger partial charge is 0.490 e. The minimum Gasteiger partial charge on any atom is -0.490 e. The Kier molecular flexibility index (Phi) is 3.89. The van der Waals surface area contributed by atoms with Crippen molar-refractivity contribution in [2.75, 3.05) is 0 Å². The number of hydrogen-bond acceptors (Lipinski definition) is 4. The molecule has 0 atom stereocenters. The maximum absolute atomic E-state index is 13.0. The highest BCUT2D eigenvalue weighted by Crippen LogP contribution is 2.37. The molecular formula is C19H18N2O4. The maximum atomic E-state index is 13.0. The number of carbonyl (C=O) groups is 2. The van der Waals surface area contributed by atoms with Crippen molar-refractivity contribution < 1.29 is 19.5 Å². The van der Waals surface area contributed by atoms with Crippen molar-refractivity contribution in [3.05, 3.63) is 65.2 Å². The van der Waals surface area contributed by atoms with Gasteiger partial charge in [-0.1, -0.05) is 18.2 Å². The third-order valence-corrected chi connectivity index (χ3v) is 4.85. The molecule has 6 nitrogen and oxygen atoms in total. The normalized spacial score (nSPS) is 21.1. The molecule has 0 radical (unpaired) electrons. The smallest absolute Gasteiger partial charge is 0.274 e. The summed E-state index contributed by atoms with van der Waals surface area (Å²) in [5.41, 5.74) is 3.37. The Hall–Kier alpha value is -2.86. The molecule has 0 saturated heterocycles. The van der Waals surface area contributed by atoms with E-state index in [1.54, 1.807) is 23.7 Å². The SMILES string of the molecule is O=C(NO)c1ccc2c(c1)CN(C(=O)c1ccccc1)C1CC(C1)O2. The average molecular weight is 338 g/mol. The van der Waals surface area contributed by atoms with Crippen LogP contribution in [0.2, 0.25) is 0 Å². The number of hydroxylamine groups is 1. The fourth-order valence-electron chi connectivity index (χ4n) is 3.39. The van der Waals surface area contributed by atoms with Gasteiger partial charge in [0.15, 0.2) is 0 Å². The zero-order valence-corrected chi connectivity index (χ0v) is 13.5. The zero-order valence-electron chi connectivity index (χ0n) is 13.5. The van der Waals surface area contributed by atoms with Gasteiger partial charge in [-0.15, -0.1) is 0 Å². The van der Waals surface area contributed by atoms with Gasteiger partial charge in [-0.05, 0) is 30.3 Å². The Morgan fingerprint density at radius 2 is 1.84 bits per heavy atom. The second-order valence-corrected chi connectivity index (χ2v) is 6.43. The summed E-state index contributed by atoms with van der Waals surface area (Å²) in [5, 5.41) is 8.84. The molecule has 2 aromatic rings. The van der Waals surface area contributed by atoms with E-state index in [9.17, 15) is 9.59 Å². The number of benzene rings is 2. The Morgan fingerprint density at radius 1 is 1.08 bits per heavy atom. The molecule has 0 unspecified atom stereocenters. The number of rotatable bonds is 2. The van der Waals surface area contributed by atoms with E-state index in [-0.39, 0.29) is 18.1 Å². The molecule has 2 aromatic carbocycles. The summed E-state index contributed by atoms with van der Waals surface area (Å²) < 4.78 is 5.97. The summed E-state index contributed by atoms with van der Waals surface area (Å²) >= 11 is 0. The first kappa shape index (κ1) is 15.7. The van der Waals surface area contributed by atoms with Crippen LogP contribution in [0.15, 0.2) is 48.5 Å². The van der Waals surface area contributed by atoms with Crippen molar-refractivity contribution in [3.8, 4) is 5.75 Å². The van der Waals surface area contributed by atoms with Crippen LogP contribution in [-0.2, 0) is 6.54 Å². The number of fused-ring (bicyclic) bond motifs is 1. The number of hydrogen-bond donors (Lipinski definition) is 2. The molecule has 2 aliphatic heterocycles. The van der Waals surface area contributed by atoms with E-state index in [2.05, 4.69) is 0 Å². The van der Waals surface area contributed by atoms with Crippen LogP contribution in [0.4, 0.5) is 0 Å². The van der Waals surface area contributed by atoms with E-state index in [0.29, 0.717) is 23.4 Å². The van der Waals surface area contributed by atoms with Gasteiger partial charge in [0.25, 0.3) is 11.8 Å². The van der Waals surface area contributed by atoms with E-state index >= 15 is 0 Å². The predicted molar refractivity (Wildman–Crippen MR) is 89.4 cm³/mol. The molecule has 0 spiro atoms. The van der Waals surface area contributed by atoms with Gasteiger partial charge in [0, 0.05) is 42.1 Å². The van der Waals surface area contributed by atoms with Crippen LogP contribution in [0, 0.1) is 0 Å². The molecule has 1 saturated carbocycles. The second-order valence-electron chi connectivity index (χ2n) is 6.43. The van der Waals surface area contributed by atoms with Crippen molar-refractivity contribution >= 4 is 11.8 Å². The molecule has 128 valence electrons. The van der Waals surface area contributed by atoms with Gasteiger partial charge in [0.1, 0.15) is 11.9 Å². The highest BCUT2D eigenvalue weighted by Gasteiger charge is 2.40. The van der Waals surface area contributed by atoms with E-state index in [0.717, 1.165) is 18.4 Å². The van der Waals surface area contributed by atoms with Crippen LogP contribution in [-0.4, -0.2) is 34.1 Å². The topological polar surface area (TPSA) is 78.9 Å². The minimum atomic E-state index is -0.587. The molecular weight excluding hydrogens is 320 g/mol. The lowest BCUT2D eigenvalue weighted by molar-refractivity contribution is 0.00392. The molecule has 1 fully saturated rings. The lowest BCUT2D eigenvalue weighted by atomic mass is 9.86. The van der Waals surface area contributed by atoms with E-state index in [1.165, 1.54) is 0 Å². The lowest BCUT2D eigenvalue weighted by Crippen LogP contribution is -2.52. The first-order valence-electron chi connectivity index (χ1n) is 8.25. The van der Waals surface area contributed by atoms with Crippen molar-refractivity contribution in [2.24, 2.45) is 0 Å². The highest BCUT2D eigenvalue weighted by molar-refractivity contribution is 5.95. The van der Waals surface area contributed by atoms with E-state index in [4.69, 9.17) is 9.94 Å². The van der Waals surface area contributed by atoms with Gasteiger partial charge in [-0.25, -0.2) is 5.48 Å². The fourth-order valence-corrected chi connectivity index (χ4v) is 3.39. The first-order valence-corrected chi connectivity index (χ1v) is 8.25. The quantitative estimate of drug-likeness (QED) is 0.651. The fraction of sp³-hybridized carbons (Fsp3) is 0.263. The van der Waals surface area contributed by atoms with Crippen LogP contribution >= 0.6 is 0 Å². The maximum Gasteiger partial charge on any atom is 0.274 e. The van der Waals surface area contributed by atoms with Crippen molar-refractivity contribution in [2.45, 2.75) is 31.5 Å². The van der Waals surface area contributed by atoms with Gasteiger partial charge in [-0.3, -0.25) is 14.8 Å². The van der Waals surface area contributed by atoms with Gasteiger partial charge in [0.05, 0.1) is 0 Å². The Balaban J connectivity index is 1.69. The summed E-state index contributed by atoms with van der Waals surface area (Å²) in [6, 6.07) is 14.3. The number of amides is 2. The summed E-state index contributed by atoms with van der Waals surface area (Å²) in [7, 11) is 0. The molecule has 2 amide bonds. The molecule has 2 bridgehead atoms. The van der Waals surface area contributed by atoms with E-state index in [1.807, 2.05) is 35.2 Å². The summed E-state index contributed by atoms with van der Waals surface area (Å²) in [6.07, 6.45) is 1.72. The van der Waals surface area contributed by atoms with Gasteiger partial charge < -0.3 is 9.64 Å². The molecule has 25 heavy (non-hydrogen) atoms. The number of ether oxygens (including phenoxy) is 1. The molecule has 0 aromatic heterocycles. The van der Waals surface area contributed by atoms with Crippen LogP contribution < -0.4 is 10.2 Å². The molecule has 2 N–H and O–H groups in total. The van der Waals surface area contributed by atoms with E-state index < -0.39 is 5.91 Å². The third-order valence-electron chi connectivity index (χ3n) is 4.85. The standard InChI is InChI=1S/C19H18N2O4/c22-18(20-24)13-6-7-17-14(8-13)11-21(15-9-16(10-15)25-17)19(23)12-4-2-1-3-5-12/h1-8,15-16,24H,9-11H2,(H,20,22). The molecule has 5 rings (SSSR count). The Bertz CT molecular complexity index is 815. The lowest BCUT2D eigenvalue weighted by Gasteiger charge is -2.45. The van der Waals surface area contributed by atoms with Crippen molar-refractivity contribution in [3.63, 3.8) is 0 Å². The number of carbonyl (C=O) groups excluding carboxylic acids is 2. The summed E-state index contributed by atoms with van der Waals surface area (Å²) in [4.78, 5) is 26.5. The Morgan fingerprint density at radius 3 is 2.56 bits per heavy atom. The molecule has 2 heterocycles. The number of nitrogens with zero attached hydrogens (tertiary/aromatic N) is 1. The zero-order chi connectivity index (χ0) is 17.4. The summed E-state index contributed by atoms with van der Waals surface area (Å²) in [5.74, 6) is 0.0772. The molecule has 3 aliphatic rings. The van der Waals surface area contributed by atoms with Crippen LogP contribution in [0.5, 0.6) is 5.75 Å². The Labute approximate surface area is 145 Å². The van der Waals surface area contributed by atoms with Gasteiger partial charge in [-0.2, -0.15) is 0 Å². The average Bonchev–Trinajstić information content (AvgIpc) is 2.60. The predicted octanol–water partition coefficient (Wildman–Crippen LogP) is 2.37. The highest BCUT2D eigenvalue weighted by atomic mass is 16.5. The van der Waals surface area contributed by atoms with Gasteiger partial charge >= 0.3 is 0 Å².